The molecule has 0 aromatic heterocycles. The smallest absolute Gasteiger partial charge is 0.0466 e. The topological polar surface area (TPSA) is 23.5 Å². The van der Waals surface area contributed by atoms with Crippen LogP contribution in [0, 0.1) is 5.41 Å². The lowest BCUT2D eigenvalue weighted by molar-refractivity contribution is -0.273. The Balaban J connectivity index is 3.07. The van der Waals surface area contributed by atoms with E-state index in [0.717, 1.165) is 25.7 Å². The van der Waals surface area contributed by atoms with Crippen LogP contribution in [0.25, 0.3) is 0 Å². The molecule has 0 aliphatic carbocycles. The molecule has 1 N–H and O–H groups in total. The van der Waals surface area contributed by atoms with Crippen LogP contribution in [0.15, 0.2) is 0 Å². The third kappa shape index (κ3) is 2.21. The van der Waals surface area contributed by atoms with Crippen molar-refractivity contribution in [1.82, 2.24) is 5.06 Å². The van der Waals surface area contributed by atoms with Crippen LogP contribution in [-0.2, 0) is 0 Å². The highest BCUT2D eigenvalue weighted by molar-refractivity contribution is 5.02. The molecule has 2 nitrogen and oxygen atoms in total. The Hall–Kier alpha value is -0.0800. The molecule has 0 bridgehead atoms. The predicted octanol–water partition coefficient (Wildman–Crippen LogP) is 3.84. The Kier molecular flexibility index (Phi) is 3.24. The first-order valence-electron chi connectivity index (χ1n) is 6.18. The van der Waals surface area contributed by atoms with Crippen LogP contribution in [-0.4, -0.2) is 21.3 Å². The zero-order chi connectivity index (χ0) is 11.9. The standard InChI is InChI=1S/C13H27NO/c1-7-13(8-2)10-11(3,4)9-12(5,6)14(13)15/h15H,7-10H2,1-6H3. The Morgan fingerprint density at radius 2 is 1.47 bits per heavy atom. The molecule has 0 unspecified atom stereocenters. The maximum Gasteiger partial charge on any atom is 0.0466 e. The van der Waals surface area contributed by atoms with E-state index in [2.05, 4.69) is 41.5 Å². The Labute approximate surface area is 94.6 Å². The highest BCUT2D eigenvalue weighted by Crippen LogP contribution is 2.49. The molecule has 2 heteroatoms. The van der Waals surface area contributed by atoms with Crippen molar-refractivity contribution in [2.24, 2.45) is 5.41 Å². The fourth-order valence-electron chi connectivity index (χ4n) is 3.72. The fraction of sp³-hybridized carbons (Fsp3) is 1.00. The molecule has 15 heavy (non-hydrogen) atoms. The summed E-state index contributed by atoms with van der Waals surface area (Å²) in [7, 11) is 0. The molecule has 1 rings (SSSR count). The molecule has 0 atom stereocenters. The molecule has 0 saturated carbocycles. The van der Waals surface area contributed by atoms with Crippen molar-refractivity contribution in [1.29, 1.82) is 0 Å². The van der Waals surface area contributed by atoms with E-state index in [9.17, 15) is 5.21 Å². The van der Waals surface area contributed by atoms with E-state index in [-0.39, 0.29) is 11.1 Å². The molecule has 1 aliphatic rings. The highest BCUT2D eigenvalue weighted by atomic mass is 16.5. The fourth-order valence-corrected chi connectivity index (χ4v) is 3.72. The van der Waals surface area contributed by atoms with Gasteiger partial charge in [0.2, 0.25) is 0 Å². The zero-order valence-corrected chi connectivity index (χ0v) is 11.2. The molecule has 0 aromatic carbocycles. The highest BCUT2D eigenvalue weighted by Gasteiger charge is 2.50. The number of nitrogens with zero attached hydrogens (tertiary/aromatic N) is 1. The molecule has 1 fully saturated rings. The van der Waals surface area contributed by atoms with E-state index in [1.165, 1.54) is 0 Å². The molecule has 0 amide bonds. The van der Waals surface area contributed by atoms with E-state index in [1.807, 2.05) is 0 Å². The van der Waals surface area contributed by atoms with E-state index in [0.29, 0.717) is 5.41 Å². The van der Waals surface area contributed by atoms with Gasteiger partial charge in [-0.15, -0.1) is 0 Å². The summed E-state index contributed by atoms with van der Waals surface area (Å²) in [6.45, 7) is 13.3. The normalized spacial score (nSPS) is 29.0. The number of hydroxylamine groups is 2. The summed E-state index contributed by atoms with van der Waals surface area (Å²) < 4.78 is 0. The van der Waals surface area contributed by atoms with E-state index in [4.69, 9.17) is 0 Å². The lowest BCUT2D eigenvalue weighted by atomic mass is 9.64. The molecule has 0 spiro atoms. The van der Waals surface area contributed by atoms with Gasteiger partial charge in [0.05, 0.1) is 0 Å². The first-order chi connectivity index (χ1) is 6.69. The zero-order valence-electron chi connectivity index (χ0n) is 11.2. The maximum atomic E-state index is 10.4. The van der Waals surface area contributed by atoms with Crippen LogP contribution in [0.3, 0.4) is 0 Å². The number of piperidine rings is 1. The summed E-state index contributed by atoms with van der Waals surface area (Å²) >= 11 is 0. The molecule has 0 radical (unpaired) electrons. The first-order valence-corrected chi connectivity index (χ1v) is 6.18. The van der Waals surface area contributed by atoms with Gasteiger partial charge in [-0.25, -0.2) is 0 Å². The van der Waals surface area contributed by atoms with Crippen molar-refractivity contribution in [3.63, 3.8) is 0 Å². The largest absolute Gasteiger partial charge is 0.313 e. The first kappa shape index (κ1) is 13.0. The third-order valence-corrected chi connectivity index (χ3v) is 4.06. The van der Waals surface area contributed by atoms with Crippen LogP contribution in [0.1, 0.15) is 67.2 Å². The third-order valence-electron chi connectivity index (χ3n) is 4.06. The van der Waals surface area contributed by atoms with Crippen LogP contribution in [0.4, 0.5) is 0 Å². The number of hydrogen-bond donors (Lipinski definition) is 1. The summed E-state index contributed by atoms with van der Waals surface area (Å²) in [5.41, 5.74) is 0.202. The summed E-state index contributed by atoms with van der Waals surface area (Å²) in [5.74, 6) is 0. The molecular weight excluding hydrogens is 186 g/mol. The minimum Gasteiger partial charge on any atom is -0.313 e. The van der Waals surface area contributed by atoms with Gasteiger partial charge in [0.15, 0.2) is 0 Å². The van der Waals surface area contributed by atoms with Crippen LogP contribution in [0.2, 0.25) is 0 Å². The van der Waals surface area contributed by atoms with Gasteiger partial charge in [-0.2, -0.15) is 5.06 Å². The Morgan fingerprint density at radius 1 is 1.00 bits per heavy atom. The maximum absolute atomic E-state index is 10.4. The van der Waals surface area contributed by atoms with Crippen molar-refractivity contribution < 1.29 is 5.21 Å². The lowest BCUT2D eigenvalue weighted by Crippen LogP contribution is -2.63. The van der Waals surface area contributed by atoms with Gasteiger partial charge in [0, 0.05) is 11.1 Å². The van der Waals surface area contributed by atoms with Gasteiger partial charge in [0.1, 0.15) is 0 Å². The Morgan fingerprint density at radius 3 is 1.87 bits per heavy atom. The summed E-state index contributed by atoms with van der Waals surface area (Å²) in [6, 6.07) is 0. The second kappa shape index (κ2) is 3.74. The molecular formula is C13H27NO. The summed E-state index contributed by atoms with van der Waals surface area (Å²) in [6.07, 6.45) is 4.19. The molecule has 90 valence electrons. The van der Waals surface area contributed by atoms with Gasteiger partial charge < -0.3 is 5.21 Å². The number of hydrogen-bond acceptors (Lipinski definition) is 2. The SMILES string of the molecule is CCC1(CC)CC(C)(C)CC(C)(C)N1O. The molecule has 0 aromatic rings. The van der Waals surface area contributed by atoms with Crippen LogP contribution >= 0.6 is 0 Å². The average molecular weight is 213 g/mol. The quantitative estimate of drug-likeness (QED) is 0.753. The van der Waals surface area contributed by atoms with Crippen molar-refractivity contribution in [2.75, 3.05) is 0 Å². The lowest BCUT2D eigenvalue weighted by Gasteiger charge is -2.57. The minimum absolute atomic E-state index is 0.0226. The monoisotopic (exact) mass is 213 g/mol. The summed E-state index contributed by atoms with van der Waals surface area (Å²) in [4.78, 5) is 0. The van der Waals surface area contributed by atoms with Gasteiger partial charge >= 0.3 is 0 Å². The van der Waals surface area contributed by atoms with Gasteiger partial charge in [0.25, 0.3) is 0 Å². The van der Waals surface area contributed by atoms with Crippen LogP contribution in [0.5, 0.6) is 0 Å². The molecule has 1 saturated heterocycles. The van der Waals surface area contributed by atoms with E-state index < -0.39 is 0 Å². The van der Waals surface area contributed by atoms with Crippen molar-refractivity contribution in [2.45, 2.75) is 78.3 Å². The van der Waals surface area contributed by atoms with Crippen molar-refractivity contribution >= 4 is 0 Å². The van der Waals surface area contributed by atoms with Crippen LogP contribution < -0.4 is 0 Å². The van der Waals surface area contributed by atoms with Crippen molar-refractivity contribution in [3.8, 4) is 0 Å². The number of rotatable bonds is 2. The Bertz CT molecular complexity index is 229. The average Bonchev–Trinajstić information content (AvgIpc) is 2.10. The second-order valence-corrected chi connectivity index (χ2v) is 6.57. The summed E-state index contributed by atoms with van der Waals surface area (Å²) in [5, 5.41) is 12.1. The van der Waals surface area contributed by atoms with E-state index >= 15 is 0 Å². The predicted molar refractivity (Wildman–Crippen MR) is 64.0 cm³/mol. The molecule has 1 aliphatic heterocycles. The van der Waals surface area contributed by atoms with E-state index in [1.54, 1.807) is 5.06 Å². The second-order valence-electron chi connectivity index (χ2n) is 6.57. The minimum atomic E-state index is -0.103. The van der Waals surface area contributed by atoms with Crippen molar-refractivity contribution in [3.05, 3.63) is 0 Å². The van der Waals surface area contributed by atoms with Gasteiger partial charge in [-0.3, -0.25) is 0 Å². The van der Waals surface area contributed by atoms with Gasteiger partial charge in [-0.05, 0) is 44.9 Å². The van der Waals surface area contributed by atoms with Gasteiger partial charge in [-0.1, -0.05) is 27.7 Å². The molecule has 1 heterocycles.